The molecule has 11 nitrogen and oxygen atoms in total. The molecule has 0 aliphatic carbocycles. The maximum Gasteiger partial charge on any atom is 0.339 e. The predicted octanol–water partition coefficient (Wildman–Crippen LogP) is 1.24. The van der Waals surface area contributed by atoms with E-state index in [1.54, 1.807) is 19.1 Å². The second kappa shape index (κ2) is 8.27. The summed E-state index contributed by atoms with van der Waals surface area (Å²) < 4.78 is 62.3. The zero-order valence-corrected chi connectivity index (χ0v) is 16.5. The molecule has 13 heteroatoms. The Morgan fingerprint density at radius 3 is 2.34 bits per heavy atom. The first kappa shape index (κ1) is 21.8. The topological polar surface area (TPSA) is 196 Å². The van der Waals surface area contributed by atoms with Gasteiger partial charge in [-0.05, 0) is 31.2 Å². The van der Waals surface area contributed by atoms with Gasteiger partial charge in [-0.1, -0.05) is 17.7 Å². The van der Waals surface area contributed by atoms with Crippen molar-refractivity contribution in [3.8, 4) is 11.8 Å². The Morgan fingerprint density at radius 2 is 1.83 bits per heavy atom. The molecule has 2 aromatic rings. The molecule has 0 bridgehead atoms. The van der Waals surface area contributed by atoms with E-state index in [1.807, 2.05) is 0 Å². The fourth-order valence-corrected chi connectivity index (χ4v) is 3.58. The van der Waals surface area contributed by atoms with Gasteiger partial charge in [-0.2, -0.15) is 27.2 Å². The fourth-order valence-electron chi connectivity index (χ4n) is 2.00. The van der Waals surface area contributed by atoms with Crippen LogP contribution in [0, 0.1) is 23.7 Å². The average molecular weight is 437 g/mol. The van der Waals surface area contributed by atoms with Crippen LogP contribution in [-0.2, 0) is 20.2 Å². The van der Waals surface area contributed by atoms with Gasteiger partial charge in [0.1, 0.15) is 21.6 Å². The number of hydrazone groups is 1. The first-order chi connectivity index (χ1) is 13.4. The van der Waals surface area contributed by atoms with Crippen LogP contribution in [0.15, 0.2) is 57.4 Å². The molecule has 5 N–H and O–H groups in total. The second-order valence-corrected chi connectivity index (χ2v) is 8.52. The number of hydrogen-bond acceptors (Lipinski definition) is 9. The summed E-state index contributed by atoms with van der Waals surface area (Å²) in [4.78, 5) is -0.915. The van der Waals surface area contributed by atoms with E-state index in [0.29, 0.717) is 0 Å². The van der Waals surface area contributed by atoms with Gasteiger partial charge in [-0.15, -0.1) is 0 Å². The van der Waals surface area contributed by atoms with Crippen LogP contribution in [0.4, 0.5) is 5.69 Å². The molecule has 29 heavy (non-hydrogen) atoms. The maximum atomic E-state index is 12.3. The summed E-state index contributed by atoms with van der Waals surface area (Å²) in [6.45, 7) is 1.77. The minimum Gasteiger partial charge on any atom is -0.382 e. The summed E-state index contributed by atoms with van der Waals surface area (Å²) >= 11 is 0. The highest BCUT2D eigenvalue weighted by molar-refractivity contribution is 7.87. The zero-order chi connectivity index (χ0) is 21.8. The summed E-state index contributed by atoms with van der Waals surface area (Å²) in [5.41, 5.74) is 7.30. The Hall–Kier alpha value is -3.47. The van der Waals surface area contributed by atoms with Crippen molar-refractivity contribution in [1.82, 2.24) is 0 Å². The highest BCUT2D eigenvalue weighted by Crippen LogP contribution is 2.28. The predicted molar refractivity (Wildman–Crippen MR) is 104 cm³/mol. The van der Waals surface area contributed by atoms with Crippen LogP contribution in [0.25, 0.3) is 0 Å². The van der Waals surface area contributed by atoms with Crippen LogP contribution in [0.3, 0.4) is 0 Å². The summed E-state index contributed by atoms with van der Waals surface area (Å²) in [7, 11) is -9.09. The number of aryl methyl sites for hydroxylation is 1. The molecular formula is C16H15N5O6S2. The molecule has 0 aliphatic heterocycles. The minimum atomic E-state index is -4.83. The first-order valence-electron chi connectivity index (χ1n) is 7.65. The molecule has 0 atom stereocenters. The SMILES string of the molecule is Cc1ccc(S(=O)(=O)Oc2ccc(N/N=C(\C#N)C(=N)N)c(S(=O)(=O)O)c2)cc1. The van der Waals surface area contributed by atoms with E-state index in [9.17, 15) is 21.4 Å². The van der Waals surface area contributed by atoms with Gasteiger partial charge in [0.15, 0.2) is 5.84 Å². The Morgan fingerprint density at radius 1 is 1.21 bits per heavy atom. The van der Waals surface area contributed by atoms with E-state index in [2.05, 4.69) is 10.5 Å². The third-order valence-corrected chi connectivity index (χ3v) is 5.55. The van der Waals surface area contributed by atoms with Crippen molar-refractivity contribution >= 4 is 37.5 Å². The van der Waals surface area contributed by atoms with E-state index in [1.165, 1.54) is 18.2 Å². The largest absolute Gasteiger partial charge is 0.382 e. The number of amidine groups is 1. The van der Waals surface area contributed by atoms with Crippen LogP contribution < -0.4 is 15.3 Å². The fraction of sp³-hybridized carbons (Fsp3) is 0.0625. The quantitative estimate of drug-likeness (QED) is 0.162. The van der Waals surface area contributed by atoms with Crippen LogP contribution in [0.1, 0.15) is 5.56 Å². The number of hydrogen-bond donors (Lipinski definition) is 4. The molecule has 0 amide bonds. The van der Waals surface area contributed by atoms with E-state index in [0.717, 1.165) is 23.8 Å². The smallest absolute Gasteiger partial charge is 0.339 e. The maximum absolute atomic E-state index is 12.3. The number of anilines is 1. The van der Waals surface area contributed by atoms with Crippen LogP contribution in [0.2, 0.25) is 0 Å². The molecule has 152 valence electrons. The van der Waals surface area contributed by atoms with Gasteiger partial charge in [-0.25, -0.2) is 0 Å². The monoisotopic (exact) mass is 437 g/mol. The minimum absolute atomic E-state index is 0.150. The normalized spacial score (nSPS) is 12.1. The lowest BCUT2D eigenvalue weighted by Crippen LogP contribution is -2.22. The van der Waals surface area contributed by atoms with Gasteiger partial charge < -0.3 is 9.92 Å². The molecule has 0 radical (unpaired) electrons. The second-order valence-electron chi connectivity index (χ2n) is 5.58. The van der Waals surface area contributed by atoms with Crippen LogP contribution in [0.5, 0.6) is 5.75 Å². The number of nitrogens with zero attached hydrogens (tertiary/aromatic N) is 2. The van der Waals surface area contributed by atoms with Gasteiger partial charge in [0.25, 0.3) is 10.1 Å². The number of nitriles is 1. The molecule has 2 rings (SSSR count). The summed E-state index contributed by atoms with van der Waals surface area (Å²) in [6.07, 6.45) is 0. The summed E-state index contributed by atoms with van der Waals surface area (Å²) in [5.74, 6) is -1.06. The van der Waals surface area contributed by atoms with Gasteiger partial charge in [0.05, 0.1) is 5.69 Å². The Labute approximate surface area is 166 Å². The van der Waals surface area contributed by atoms with Gasteiger partial charge in [0, 0.05) is 6.07 Å². The average Bonchev–Trinajstić information content (AvgIpc) is 2.62. The first-order valence-corrected chi connectivity index (χ1v) is 10.5. The standard InChI is InChI=1S/C16H15N5O6S2/c1-10-2-5-12(6-3-10)29(25,26)27-11-4-7-13(15(8-11)28(22,23)24)20-21-14(9-17)16(18)19/h2-8,20H,1H3,(H3,18,19)(H,22,23,24)/b21-14+. The number of nitrogens with two attached hydrogens (primary N) is 1. The van der Waals surface area contributed by atoms with Crippen molar-refractivity contribution in [2.75, 3.05) is 5.43 Å². The third kappa shape index (κ3) is 5.51. The number of rotatable bonds is 7. The molecule has 0 saturated carbocycles. The van der Waals surface area contributed by atoms with Crippen molar-refractivity contribution in [2.45, 2.75) is 16.7 Å². The highest BCUT2D eigenvalue weighted by Gasteiger charge is 2.21. The van der Waals surface area contributed by atoms with Gasteiger partial charge >= 0.3 is 10.1 Å². The highest BCUT2D eigenvalue weighted by atomic mass is 32.2. The van der Waals surface area contributed by atoms with Gasteiger partial charge in [0.2, 0.25) is 5.71 Å². The lowest BCUT2D eigenvalue weighted by molar-refractivity contribution is 0.475. The molecular weight excluding hydrogens is 422 g/mol. The molecule has 2 aromatic carbocycles. The van der Waals surface area contributed by atoms with Crippen molar-refractivity contribution in [3.63, 3.8) is 0 Å². The van der Waals surface area contributed by atoms with Crippen molar-refractivity contribution in [2.24, 2.45) is 10.8 Å². The molecule has 0 spiro atoms. The number of nitrogens with one attached hydrogen (secondary N) is 2. The van der Waals surface area contributed by atoms with E-state index in [-0.39, 0.29) is 16.3 Å². The van der Waals surface area contributed by atoms with E-state index in [4.69, 9.17) is 20.6 Å². The third-order valence-electron chi connectivity index (χ3n) is 3.40. The van der Waals surface area contributed by atoms with Crippen LogP contribution in [-0.4, -0.2) is 32.9 Å². The van der Waals surface area contributed by atoms with Crippen molar-refractivity contribution in [3.05, 3.63) is 48.0 Å². The molecule has 0 aromatic heterocycles. The van der Waals surface area contributed by atoms with E-state index < -0.39 is 36.7 Å². The molecule has 0 saturated heterocycles. The Bertz CT molecular complexity index is 1230. The molecule has 0 aliphatic rings. The van der Waals surface area contributed by atoms with Crippen molar-refractivity contribution < 1.29 is 25.6 Å². The zero-order valence-electron chi connectivity index (χ0n) is 14.8. The van der Waals surface area contributed by atoms with Crippen LogP contribution >= 0.6 is 0 Å². The van der Waals surface area contributed by atoms with Gasteiger partial charge in [-0.3, -0.25) is 15.4 Å². The van der Waals surface area contributed by atoms with E-state index >= 15 is 0 Å². The number of benzene rings is 2. The summed E-state index contributed by atoms with van der Waals surface area (Å²) in [5, 5.41) is 19.4. The molecule has 0 fully saturated rings. The molecule has 0 unspecified atom stereocenters. The van der Waals surface area contributed by atoms with Crippen molar-refractivity contribution in [1.29, 1.82) is 10.7 Å². The molecule has 0 heterocycles. The Balaban J connectivity index is 2.43. The summed E-state index contributed by atoms with van der Waals surface area (Å²) in [6, 6.07) is 10.2. The lowest BCUT2D eigenvalue weighted by atomic mass is 10.2. The lowest BCUT2D eigenvalue weighted by Gasteiger charge is -2.11. The Kier molecular flexibility index (Phi) is 6.22.